The predicted octanol–water partition coefficient (Wildman–Crippen LogP) is 4.20. The summed E-state index contributed by atoms with van der Waals surface area (Å²) in [5, 5.41) is 3.30. The van der Waals surface area contributed by atoms with Crippen LogP contribution >= 0.6 is 22.9 Å². The summed E-state index contributed by atoms with van der Waals surface area (Å²) in [4.78, 5) is 17.9. The average molecular weight is 349 g/mol. The van der Waals surface area contributed by atoms with Gasteiger partial charge in [-0.1, -0.05) is 23.7 Å². The van der Waals surface area contributed by atoms with Crippen molar-refractivity contribution in [2.24, 2.45) is 0 Å². The van der Waals surface area contributed by atoms with Gasteiger partial charge in [-0.3, -0.25) is 9.36 Å². The summed E-state index contributed by atoms with van der Waals surface area (Å²) in [6.45, 7) is 4.94. The summed E-state index contributed by atoms with van der Waals surface area (Å²) < 4.78 is 7.13. The minimum Gasteiger partial charge on any atom is -0.377 e. The standard InChI is InChI=1S/C17H17ClN2O2S/c1-11(2)22-8-7-20-10-19-16-15(17(20)21)14(9-23-16)12-3-5-13(18)6-4-12/h3-6,9-11H,7-8H2,1-2H3. The average Bonchev–Trinajstić information content (AvgIpc) is 2.95. The molecule has 6 heteroatoms. The van der Waals surface area contributed by atoms with E-state index in [0.717, 1.165) is 16.0 Å². The molecule has 0 spiro atoms. The second kappa shape index (κ2) is 6.83. The van der Waals surface area contributed by atoms with E-state index in [1.54, 1.807) is 10.9 Å². The number of thiophene rings is 1. The second-order valence-electron chi connectivity index (χ2n) is 5.50. The molecule has 0 unspecified atom stereocenters. The maximum atomic E-state index is 12.8. The third-order valence-electron chi connectivity index (χ3n) is 3.50. The Morgan fingerprint density at radius 3 is 2.74 bits per heavy atom. The van der Waals surface area contributed by atoms with E-state index >= 15 is 0 Å². The molecule has 2 heterocycles. The topological polar surface area (TPSA) is 44.1 Å². The van der Waals surface area contributed by atoms with Crippen molar-refractivity contribution in [1.82, 2.24) is 9.55 Å². The molecule has 0 fully saturated rings. The van der Waals surface area contributed by atoms with Gasteiger partial charge in [-0.2, -0.15) is 0 Å². The molecule has 4 nitrogen and oxygen atoms in total. The van der Waals surface area contributed by atoms with Crippen molar-refractivity contribution in [3.05, 3.63) is 51.3 Å². The minimum absolute atomic E-state index is 0.0337. The Balaban J connectivity index is 2.00. The first-order valence-electron chi connectivity index (χ1n) is 7.40. The van der Waals surface area contributed by atoms with Crippen molar-refractivity contribution < 1.29 is 4.74 Å². The quantitative estimate of drug-likeness (QED) is 0.694. The molecule has 3 aromatic rings. The molecule has 0 aliphatic carbocycles. The van der Waals surface area contributed by atoms with E-state index < -0.39 is 0 Å². The maximum absolute atomic E-state index is 12.8. The molecule has 2 aromatic heterocycles. The van der Waals surface area contributed by atoms with Gasteiger partial charge in [0, 0.05) is 16.0 Å². The number of benzene rings is 1. The predicted molar refractivity (Wildman–Crippen MR) is 95.4 cm³/mol. The zero-order valence-corrected chi connectivity index (χ0v) is 14.5. The number of hydrogen-bond donors (Lipinski definition) is 0. The van der Waals surface area contributed by atoms with Gasteiger partial charge in [0.05, 0.1) is 31.0 Å². The molecule has 0 bridgehead atoms. The number of halogens is 1. The van der Waals surface area contributed by atoms with E-state index in [1.165, 1.54) is 11.3 Å². The normalized spacial score (nSPS) is 11.5. The molecule has 3 rings (SSSR count). The summed E-state index contributed by atoms with van der Waals surface area (Å²) in [6.07, 6.45) is 1.74. The summed E-state index contributed by atoms with van der Waals surface area (Å²) >= 11 is 7.42. The SMILES string of the molecule is CC(C)OCCn1cnc2scc(-c3ccc(Cl)cc3)c2c1=O. The van der Waals surface area contributed by atoms with Crippen molar-refractivity contribution in [3.8, 4) is 11.1 Å². The Labute approximate surface area is 143 Å². The van der Waals surface area contributed by atoms with E-state index in [-0.39, 0.29) is 11.7 Å². The van der Waals surface area contributed by atoms with Crippen LogP contribution in [0.15, 0.2) is 40.8 Å². The van der Waals surface area contributed by atoms with Gasteiger partial charge in [-0.25, -0.2) is 4.98 Å². The number of fused-ring (bicyclic) bond motifs is 1. The smallest absolute Gasteiger partial charge is 0.262 e. The molecule has 120 valence electrons. The van der Waals surface area contributed by atoms with Gasteiger partial charge in [0.2, 0.25) is 0 Å². The highest BCUT2D eigenvalue weighted by Gasteiger charge is 2.13. The highest BCUT2D eigenvalue weighted by molar-refractivity contribution is 7.17. The van der Waals surface area contributed by atoms with Crippen molar-refractivity contribution in [2.75, 3.05) is 6.61 Å². The lowest BCUT2D eigenvalue weighted by molar-refractivity contribution is 0.0722. The van der Waals surface area contributed by atoms with E-state index in [1.807, 2.05) is 43.5 Å². The highest BCUT2D eigenvalue weighted by Crippen LogP contribution is 2.31. The Bertz CT molecular complexity index is 868. The molecule has 0 N–H and O–H groups in total. The van der Waals surface area contributed by atoms with Crippen LogP contribution in [0, 0.1) is 0 Å². The Morgan fingerprint density at radius 2 is 2.04 bits per heavy atom. The van der Waals surface area contributed by atoms with Gasteiger partial charge in [0.15, 0.2) is 0 Å². The fraction of sp³-hybridized carbons (Fsp3) is 0.294. The van der Waals surface area contributed by atoms with Crippen LogP contribution in [0.1, 0.15) is 13.8 Å². The Kier molecular flexibility index (Phi) is 4.80. The third-order valence-corrected chi connectivity index (χ3v) is 4.64. The zero-order chi connectivity index (χ0) is 16.4. The largest absolute Gasteiger partial charge is 0.377 e. The summed E-state index contributed by atoms with van der Waals surface area (Å²) in [5.41, 5.74) is 1.84. The van der Waals surface area contributed by atoms with Gasteiger partial charge < -0.3 is 4.74 Å². The monoisotopic (exact) mass is 348 g/mol. The lowest BCUT2D eigenvalue weighted by Gasteiger charge is -2.09. The van der Waals surface area contributed by atoms with Gasteiger partial charge in [0.25, 0.3) is 5.56 Å². The molecule has 23 heavy (non-hydrogen) atoms. The Morgan fingerprint density at radius 1 is 1.30 bits per heavy atom. The molecule has 0 atom stereocenters. The van der Waals surface area contributed by atoms with Crippen LogP contribution < -0.4 is 5.56 Å². The van der Waals surface area contributed by atoms with Crippen LogP contribution in [0.5, 0.6) is 0 Å². The van der Waals surface area contributed by atoms with Crippen molar-refractivity contribution >= 4 is 33.2 Å². The van der Waals surface area contributed by atoms with Crippen molar-refractivity contribution in [3.63, 3.8) is 0 Å². The van der Waals surface area contributed by atoms with Crippen LogP contribution in [0.4, 0.5) is 0 Å². The van der Waals surface area contributed by atoms with Crippen LogP contribution in [-0.4, -0.2) is 22.3 Å². The highest BCUT2D eigenvalue weighted by atomic mass is 35.5. The number of hydrogen-bond acceptors (Lipinski definition) is 4. The molecule has 0 amide bonds. The number of aromatic nitrogens is 2. The first-order chi connectivity index (χ1) is 11.1. The summed E-state index contributed by atoms with van der Waals surface area (Å²) in [6, 6.07) is 7.49. The van der Waals surface area contributed by atoms with E-state index in [4.69, 9.17) is 16.3 Å². The molecular weight excluding hydrogens is 332 g/mol. The lowest BCUT2D eigenvalue weighted by Crippen LogP contribution is -2.23. The zero-order valence-electron chi connectivity index (χ0n) is 13.0. The van der Waals surface area contributed by atoms with Crippen molar-refractivity contribution in [1.29, 1.82) is 0 Å². The van der Waals surface area contributed by atoms with Gasteiger partial charge in [-0.15, -0.1) is 11.3 Å². The maximum Gasteiger partial charge on any atom is 0.262 e. The summed E-state index contributed by atoms with van der Waals surface area (Å²) in [5.74, 6) is 0. The molecule has 0 aliphatic heterocycles. The van der Waals surface area contributed by atoms with Crippen LogP contribution in [0.25, 0.3) is 21.3 Å². The first-order valence-corrected chi connectivity index (χ1v) is 8.66. The summed E-state index contributed by atoms with van der Waals surface area (Å²) in [7, 11) is 0. The fourth-order valence-corrected chi connectivity index (χ4v) is 3.39. The molecule has 0 radical (unpaired) electrons. The number of rotatable bonds is 5. The molecular formula is C17H17ClN2O2S. The van der Waals surface area contributed by atoms with Gasteiger partial charge in [0.1, 0.15) is 4.83 Å². The van der Waals surface area contributed by atoms with E-state index in [9.17, 15) is 4.79 Å². The number of nitrogens with zero attached hydrogens (tertiary/aromatic N) is 2. The molecule has 0 saturated heterocycles. The van der Waals surface area contributed by atoms with Crippen LogP contribution in [0.2, 0.25) is 5.02 Å². The van der Waals surface area contributed by atoms with Crippen LogP contribution in [-0.2, 0) is 11.3 Å². The Hall–Kier alpha value is -1.69. The number of ether oxygens (including phenoxy) is 1. The lowest BCUT2D eigenvalue weighted by atomic mass is 10.1. The first kappa shape index (κ1) is 16.2. The second-order valence-corrected chi connectivity index (χ2v) is 6.79. The van der Waals surface area contributed by atoms with E-state index in [0.29, 0.717) is 23.6 Å². The molecule has 0 saturated carbocycles. The fourth-order valence-electron chi connectivity index (χ4n) is 2.36. The van der Waals surface area contributed by atoms with Gasteiger partial charge >= 0.3 is 0 Å². The minimum atomic E-state index is -0.0337. The third kappa shape index (κ3) is 3.47. The molecule has 1 aromatic carbocycles. The van der Waals surface area contributed by atoms with Crippen LogP contribution in [0.3, 0.4) is 0 Å². The molecule has 0 aliphatic rings. The van der Waals surface area contributed by atoms with Crippen molar-refractivity contribution in [2.45, 2.75) is 26.5 Å². The van der Waals surface area contributed by atoms with Gasteiger partial charge in [-0.05, 0) is 31.5 Å². The van der Waals surface area contributed by atoms with E-state index in [2.05, 4.69) is 4.98 Å².